The molecule has 9 nitrogen and oxygen atoms in total. The lowest BCUT2D eigenvalue weighted by Gasteiger charge is -2.45. The highest BCUT2D eigenvalue weighted by Crippen LogP contribution is 2.39. The van der Waals surface area contributed by atoms with Crippen molar-refractivity contribution >= 4 is 23.2 Å². The molecule has 0 radical (unpaired) electrons. The van der Waals surface area contributed by atoms with Crippen LogP contribution in [0.3, 0.4) is 0 Å². The molecule has 234 valence electrons. The summed E-state index contributed by atoms with van der Waals surface area (Å²) in [6.45, 7) is 5.95. The third-order valence-corrected chi connectivity index (χ3v) is 9.43. The van der Waals surface area contributed by atoms with E-state index in [1.54, 1.807) is 0 Å². The Hall–Kier alpha value is -4.00. The Bertz CT molecular complexity index is 1590. The number of pyridine rings is 1. The minimum Gasteiger partial charge on any atom is -0.367 e. The van der Waals surface area contributed by atoms with E-state index in [4.69, 9.17) is 0 Å². The Kier molecular flexibility index (Phi) is 7.85. The first-order chi connectivity index (χ1) is 20.9. The zero-order chi connectivity index (χ0) is 31.3. The quantitative estimate of drug-likeness (QED) is 0.385. The number of hydrogen-bond donors (Lipinski definition) is 2. The number of amides is 1. The van der Waals surface area contributed by atoms with Gasteiger partial charge in [0.2, 0.25) is 11.5 Å². The average Bonchev–Trinajstić information content (AvgIpc) is 3.00. The summed E-state index contributed by atoms with van der Waals surface area (Å²) >= 11 is 0. The number of piperazine rings is 1. The van der Waals surface area contributed by atoms with Gasteiger partial charge < -0.3 is 20.1 Å². The molecule has 2 aromatic heterocycles. The molecule has 44 heavy (non-hydrogen) atoms. The van der Waals surface area contributed by atoms with Gasteiger partial charge in [-0.25, -0.2) is 14.4 Å². The van der Waals surface area contributed by atoms with Gasteiger partial charge in [-0.2, -0.15) is 13.2 Å². The van der Waals surface area contributed by atoms with Crippen molar-refractivity contribution in [2.45, 2.75) is 63.8 Å². The highest BCUT2D eigenvalue weighted by Gasteiger charge is 2.37. The molecule has 4 aliphatic rings. The van der Waals surface area contributed by atoms with Crippen LogP contribution in [0.4, 0.5) is 34.9 Å². The minimum absolute atomic E-state index is 0.0899. The fraction of sp³-hybridized carbons (Fsp3) is 0.484. The molecule has 3 aliphatic heterocycles. The summed E-state index contributed by atoms with van der Waals surface area (Å²) in [6, 6.07) is 3.63. The molecular weight excluding hydrogens is 578 g/mol. The molecule has 2 atom stereocenters. The first-order valence-electron chi connectivity index (χ1n) is 14.9. The SMILES string of the molecule is C[C@@H]1CN(c2cc(F)c(-c3cnc(N4CC5CCC4CC5)nc3)cc2NC(=O)c2c[nH]c(=O)cc2C(F)(F)F)C[C@H](C)N1C. The Labute approximate surface area is 252 Å². The van der Waals surface area contributed by atoms with E-state index in [1.165, 1.54) is 37.4 Å². The van der Waals surface area contributed by atoms with E-state index in [2.05, 4.69) is 30.1 Å². The van der Waals surface area contributed by atoms with E-state index < -0.39 is 34.6 Å². The third-order valence-electron chi connectivity index (χ3n) is 9.43. The van der Waals surface area contributed by atoms with Crippen LogP contribution >= 0.6 is 0 Å². The number of carbonyl (C=O) groups excluding carboxylic acids is 1. The van der Waals surface area contributed by atoms with E-state index in [9.17, 15) is 22.8 Å². The maximum Gasteiger partial charge on any atom is 0.417 e. The summed E-state index contributed by atoms with van der Waals surface area (Å²) in [6.07, 6.45) is 3.50. The summed E-state index contributed by atoms with van der Waals surface area (Å²) in [5.41, 5.74) is -2.16. The van der Waals surface area contributed by atoms with Crippen molar-refractivity contribution in [3.05, 3.63) is 64.1 Å². The van der Waals surface area contributed by atoms with Crippen LogP contribution in [0.15, 0.2) is 41.6 Å². The maximum atomic E-state index is 15.8. The molecule has 5 heterocycles. The summed E-state index contributed by atoms with van der Waals surface area (Å²) < 4.78 is 57.1. The lowest BCUT2D eigenvalue weighted by atomic mass is 9.80. The number of halogens is 4. The van der Waals surface area contributed by atoms with E-state index >= 15 is 4.39 Å². The van der Waals surface area contributed by atoms with Crippen molar-refractivity contribution in [3.63, 3.8) is 0 Å². The standard InChI is InChI=1S/C31H35F4N7O2/c1-17-14-41(15-18(2)40(17)3)27-10-25(32)22(20-11-37-30(38-12-20)42-16-19-4-6-21(42)7-5-19)8-26(27)39-29(44)23-13-36-28(43)9-24(23)31(33,34)35/h8-13,17-19,21H,4-7,14-16H2,1-3H3,(H,36,43)(H,39,44)/t17-,18+,19?,21?. The van der Waals surface area contributed by atoms with Crippen LogP contribution < -0.4 is 20.7 Å². The number of benzene rings is 1. The number of alkyl halides is 3. The van der Waals surface area contributed by atoms with Gasteiger partial charge in [0, 0.05) is 73.5 Å². The van der Waals surface area contributed by atoms with Gasteiger partial charge in [0.15, 0.2) is 0 Å². The van der Waals surface area contributed by atoms with Crippen LogP contribution in [0.2, 0.25) is 0 Å². The first-order valence-corrected chi connectivity index (χ1v) is 14.9. The second-order valence-corrected chi connectivity index (χ2v) is 12.3. The summed E-state index contributed by atoms with van der Waals surface area (Å²) in [7, 11) is 1.99. The van der Waals surface area contributed by atoms with Gasteiger partial charge in [-0.15, -0.1) is 0 Å². The zero-order valence-electron chi connectivity index (χ0n) is 24.8. The molecule has 2 bridgehead atoms. The summed E-state index contributed by atoms with van der Waals surface area (Å²) in [5.74, 6) is -0.452. The van der Waals surface area contributed by atoms with Gasteiger partial charge in [-0.1, -0.05) is 0 Å². The number of H-pyrrole nitrogens is 1. The van der Waals surface area contributed by atoms with Crippen molar-refractivity contribution in [1.82, 2.24) is 19.9 Å². The predicted molar refractivity (Wildman–Crippen MR) is 159 cm³/mol. The second-order valence-electron chi connectivity index (χ2n) is 12.3. The lowest BCUT2D eigenvalue weighted by Crippen LogP contribution is -2.55. The number of piperidine rings is 2. The predicted octanol–water partition coefficient (Wildman–Crippen LogP) is 5.15. The molecular formula is C31H35F4N7O2. The van der Waals surface area contributed by atoms with E-state index in [0.29, 0.717) is 48.3 Å². The van der Waals surface area contributed by atoms with Crippen LogP contribution in [0.25, 0.3) is 11.1 Å². The number of aromatic amines is 1. The van der Waals surface area contributed by atoms with Gasteiger partial charge in [0.25, 0.3) is 5.91 Å². The molecule has 3 saturated heterocycles. The van der Waals surface area contributed by atoms with Gasteiger partial charge in [0.05, 0.1) is 22.5 Å². The fourth-order valence-corrected chi connectivity index (χ4v) is 6.75. The number of nitrogens with one attached hydrogen (secondary N) is 2. The number of hydrogen-bond acceptors (Lipinski definition) is 7. The summed E-state index contributed by atoms with van der Waals surface area (Å²) in [5, 5.41) is 2.58. The minimum atomic E-state index is -4.94. The number of likely N-dealkylation sites (N-methyl/N-ethyl adjacent to an activating group) is 1. The van der Waals surface area contributed by atoms with Crippen LogP contribution in [-0.4, -0.2) is 70.6 Å². The van der Waals surface area contributed by atoms with Crippen LogP contribution in [0.5, 0.6) is 0 Å². The van der Waals surface area contributed by atoms with Crippen LogP contribution in [-0.2, 0) is 6.18 Å². The molecule has 0 unspecified atom stereocenters. The van der Waals surface area contributed by atoms with E-state index in [-0.39, 0.29) is 23.3 Å². The van der Waals surface area contributed by atoms with Gasteiger partial charge in [0.1, 0.15) is 5.82 Å². The lowest BCUT2D eigenvalue weighted by molar-refractivity contribution is -0.138. The Balaban J connectivity index is 1.37. The molecule has 1 aliphatic carbocycles. The number of nitrogens with zero attached hydrogens (tertiary/aromatic N) is 5. The maximum absolute atomic E-state index is 15.8. The Morgan fingerprint density at radius 2 is 1.66 bits per heavy atom. The Morgan fingerprint density at radius 3 is 2.25 bits per heavy atom. The third kappa shape index (κ3) is 5.76. The molecule has 13 heteroatoms. The van der Waals surface area contributed by atoms with Gasteiger partial charge in [-0.3, -0.25) is 14.5 Å². The first kappa shape index (κ1) is 30.0. The van der Waals surface area contributed by atoms with Crippen molar-refractivity contribution in [3.8, 4) is 11.1 Å². The van der Waals surface area contributed by atoms with Crippen molar-refractivity contribution < 1.29 is 22.4 Å². The van der Waals surface area contributed by atoms with Gasteiger partial charge in [-0.05, 0) is 64.6 Å². The number of carbonyl (C=O) groups is 1. The summed E-state index contributed by atoms with van der Waals surface area (Å²) in [4.78, 5) is 42.6. The number of aromatic nitrogens is 3. The number of fused-ring (bicyclic) bond motifs is 3. The largest absolute Gasteiger partial charge is 0.417 e. The van der Waals surface area contributed by atoms with Gasteiger partial charge >= 0.3 is 6.18 Å². The monoisotopic (exact) mass is 613 g/mol. The molecule has 0 spiro atoms. The molecule has 3 aromatic rings. The number of anilines is 3. The smallest absolute Gasteiger partial charge is 0.367 e. The van der Waals surface area contributed by atoms with Crippen molar-refractivity contribution in [1.29, 1.82) is 0 Å². The average molecular weight is 614 g/mol. The van der Waals surface area contributed by atoms with Crippen molar-refractivity contribution in [2.24, 2.45) is 5.92 Å². The highest BCUT2D eigenvalue weighted by atomic mass is 19.4. The molecule has 4 fully saturated rings. The highest BCUT2D eigenvalue weighted by molar-refractivity contribution is 6.07. The Morgan fingerprint density at radius 1 is 1.00 bits per heavy atom. The van der Waals surface area contributed by atoms with Crippen LogP contribution in [0, 0.1) is 11.7 Å². The van der Waals surface area contributed by atoms with E-state index in [0.717, 1.165) is 25.6 Å². The molecule has 7 rings (SSSR count). The molecule has 1 aromatic carbocycles. The van der Waals surface area contributed by atoms with E-state index in [1.807, 2.05) is 25.8 Å². The zero-order valence-corrected chi connectivity index (χ0v) is 24.8. The van der Waals surface area contributed by atoms with Crippen LogP contribution in [0.1, 0.15) is 55.5 Å². The number of rotatable bonds is 5. The molecule has 1 amide bonds. The molecule has 2 N–H and O–H groups in total. The molecule has 1 saturated carbocycles. The normalized spacial score (nSPS) is 24.1. The topological polar surface area (TPSA) is 97.5 Å². The van der Waals surface area contributed by atoms with Crippen molar-refractivity contribution in [2.75, 3.05) is 41.8 Å². The second kappa shape index (κ2) is 11.5. The fourth-order valence-electron chi connectivity index (χ4n) is 6.75.